The first-order valence-electron chi connectivity index (χ1n) is 12.8. The number of nitrogens with zero attached hydrogens (tertiary/aromatic N) is 2. The van der Waals surface area contributed by atoms with E-state index in [9.17, 15) is 9.59 Å². The summed E-state index contributed by atoms with van der Waals surface area (Å²) in [5.74, 6) is 0.432. The number of fused-ring (bicyclic) bond motifs is 1. The molecule has 0 N–H and O–H groups in total. The average Bonchev–Trinajstić information content (AvgIpc) is 3.31. The molecule has 1 saturated heterocycles. The number of rotatable bonds is 5. The molecule has 34 heavy (non-hydrogen) atoms. The second kappa shape index (κ2) is 8.35. The van der Waals surface area contributed by atoms with Gasteiger partial charge in [0.1, 0.15) is 5.78 Å². The Hall–Kier alpha value is -2.98. The first-order chi connectivity index (χ1) is 16.6. The third kappa shape index (κ3) is 3.23. The van der Waals surface area contributed by atoms with Gasteiger partial charge in [0.2, 0.25) is 5.91 Å². The fraction of sp³-hybridized carbons (Fsp3) is 0.400. The minimum atomic E-state index is -0.316. The third-order valence-electron chi connectivity index (χ3n) is 8.44. The number of piperidine rings is 1. The fourth-order valence-electron chi connectivity index (χ4n) is 6.77. The van der Waals surface area contributed by atoms with Crippen molar-refractivity contribution < 1.29 is 9.59 Å². The van der Waals surface area contributed by atoms with Crippen LogP contribution in [0.15, 0.2) is 60.7 Å². The summed E-state index contributed by atoms with van der Waals surface area (Å²) in [5, 5.41) is 2.78. The van der Waals surface area contributed by atoms with Crippen molar-refractivity contribution in [1.29, 1.82) is 0 Å². The summed E-state index contributed by atoms with van der Waals surface area (Å²) < 4.78 is 0. The highest BCUT2D eigenvalue weighted by Crippen LogP contribution is 2.49. The van der Waals surface area contributed by atoms with Crippen molar-refractivity contribution in [2.45, 2.75) is 63.5 Å². The second-order valence-electron chi connectivity index (χ2n) is 10.2. The van der Waals surface area contributed by atoms with E-state index in [-0.39, 0.29) is 23.7 Å². The third-order valence-corrected chi connectivity index (χ3v) is 8.44. The maximum Gasteiger partial charge on any atom is 0.235 e. The van der Waals surface area contributed by atoms with E-state index in [1.54, 1.807) is 0 Å². The van der Waals surface area contributed by atoms with Gasteiger partial charge in [0.15, 0.2) is 0 Å². The van der Waals surface area contributed by atoms with Crippen LogP contribution in [0.5, 0.6) is 0 Å². The number of hydrogen-bond donors (Lipinski definition) is 0. The minimum absolute atomic E-state index is 0.118. The molecule has 4 nitrogen and oxygen atoms in total. The van der Waals surface area contributed by atoms with Crippen LogP contribution >= 0.6 is 0 Å². The van der Waals surface area contributed by atoms with Crippen LogP contribution in [0.25, 0.3) is 10.8 Å². The molecular weight excluding hydrogens is 420 g/mol. The first kappa shape index (κ1) is 21.5. The van der Waals surface area contributed by atoms with Crippen LogP contribution < -0.4 is 4.90 Å². The lowest BCUT2D eigenvalue weighted by Crippen LogP contribution is -2.48. The second-order valence-corrected chi connectivity index (χ2v) is 10.2. The number of ketones is 1. The van der Waals surface area contributed by atoms with Crippen LogP contribution in [0.4, 0.5) is 5.69 Å². The zero-order valence-electron chi connectivity index (χ0n) is 20.0. The van der Waals surface area contributed by atoms with Gasteiger partial charge in [-0.3, -0.25) is 14.5 Å². The quantitative estimate of drug-likeness (QED) is 0.479. The van der Waals surface area contributed by atoms with E-state index in [2.05, 4.69) is 54.3 Å². The monoisotopic (exact) mass is 452 g/mol. The number of carbonyl (C=O) groups is 2. The predicted molar refractivity (Wildman–Crippen MR) is 136 cm³/mol. The molecule has 0 bridgehead atoms. The predicted octanol–water partition coefficient (Wildman–Crippen LogP) is 5.96. The molecule has 0 radical (unpaired) electrons. The van der Waals surface area contributed by atoms with E-state index in [1.807, 2.05) is 30.0 Å². The molecule has 3 atom stereocenters. The van der Waals surface area contributed by atoms with Crippen molar-refractivity contribution in [3.8, 4) is 0 Å². The number of para-hydroxylation sites is 1. The van der Waals surface area contributed by atoms with Gasteiger partial charge in [0.25, 0.3) is 0 Å². The molecule has 3 aromatic carbocycles. The lowest BCUT2D eigenvalue weighted by atomic mass is 9.93. The van der Waals surface area contributed by atoms with Crippen LogP contribution in [0.1, 0.15) is 74.1 Å². The molecule has 4 heteroatoms. The standard InChI is InChI=1S/C30H32N2O2/c1-3-22(33)18-26-24-10-4-5-13-27(24)32(30(26)34)21-14-16-31(17-15-21)29-19(2)23-11-6-8-20-9-7-12-25(29)28(20)23/h4-13,19,21,26,29H,3,14-18H2,1-2H3. The maximum atomic E-state index is 13.5. The summed E-state index contributed by atoms with van der Waals surface area (Å²) in [4.78, 5) is 30.4. The van der Waals surface area contributed by atoms with Crippen LogP contribution in [-0.4, -0.2) is 35.7 Å². The van der Waals surface area contributed by atoms with Crippen molar-refractivity contribution in [3.63, 3.8) is 0 Å². The van der Waals surface area contributed by atoms with Crippen molar-refractivity contribution in [2.24, 2.45) is 0 Å². The number of likely N-dealkylation sites (tertiary alicyclic amines) is 1. The molecule has 2 heterocycles. The zero-order valence-corrected chi connectivity index (χ0v) is 20.0. The Morgan fingerprint density at radius 2 is 1.59 bits per heavy atom. The van der Waals surface area contributed by atoms with Crippen LogP contribution in [0.2, 0.25) is 0 Å². The summed E-state index contributed by atoms with van der Waals surface area (Å²) >= 11 is 0. The Morgan fingerprint density at radius 1 is 0.912 bits per heavy atom. The molecule has 0 saturated carbocycles. The first-order valence-corrected chi connectivity index (χ1v) is 12.8. The zero-order chi connectivity index (χ0) is 23.4. The molecule has 2 aliphatic heterocycles. The van der Waals surface area contributed by atoms with Crippen LogP contribution in [0, 0.1) is 0 Å². The number of hydrogen-bond acceptors (Lipinski definition) is 3. The number of amides is 1. The Morgan fingerprint density at radius 3 is 2.32 bits per heavy atom. The lowest BCUT2D eigenvalue weighted by molar-refractivity contribution is -0.125. The highest BCUT2D eigenvalue weighted by molar-refractivity contribution is 6.07. The molecular formula is C30H32N2O2. The summed E-state index contributed by atoms with van der Waals surface area (Å²) in [7, 11) is 0. The van der Waals surface area contributed by atoms with E-state index in [0.29, 0.717) is 24.8 Å². The van der Waals surface area contributed by atoms with Gasteiger partial charge < -0.3 is 4.90 Å². The van der Waals surface area contributed by atoms with E-state index in [1.165, 1.54) is 21.9 Å². The van der Waals surface area contributed by atoms with E-state index >= 15 is 0 Å². The van der Waals surface area contributed by atoms with Crippen molar-refractivity contribution >= 4 is 28.2 Å². The van der Waals surface area contributed by atoms with Crippen molar-refractivity contribution in [3.05, 3.63) is 77.4 Å². The molecule has 0 aromatic heterocycles. The van der Waals surface area contributed by atoms with Gasteiger partial charge in [-0.1, -0.05) is 68.4 Å². The molecule has 6 rings (SSSR count). The van der Waals surface area contributed by atoms with Gasteiger partial charge in [-0.05, 0) is 46.4 Å². The van der Waals surface area contributed by atoms with Gasteiger partial charge in [0.05, 0.1) is 5.92 Å². The number of carbonyl (C=O) groups excluding carboxylic acids is 2. The van der Waals surface area contributed by atoms with Gasteiger partial charge in [0, 0.05) is 49.6 Å². The van der Waals surface area contributed by atoms with E-state index < -0.39 is 0 Å². The molecule has 3 aliphatic rings. The van der Waals surface area contributed by atoms with Gasteiger partial charge in [-0.25, -0.2) is 0 Å². The highest BCUT2D eigenvalue weighted by atomic mass is 16.2. The minimum Gasteiger partial charge on any atom is -0.308 e. The van der Waals surface area contributed by atoms with Gasteiger partial charge >= 0.3 is 0 Å². The smallest absolute Gasteiger partial charge is 0.235 e. The average molecular weight is 453 g/mol. The van der Waals surface area contributed by atoms with Gasteiger partial charge in [-0.2, -0.15) is 0 Å². The molecule has 1 aliphatic carbocycles. The van der Waals surface area contributed by atoms with Crippen LogP contribution in [-0.2, 0) is 9.59 Å². The normalized spacial score (nSPS) is 24.7. The Labute approximate surface area is 201 Å². The Kier molecular flexibility index (Phi) is 5.29. The molecule has 3 unspecified atom stereocenters. The van der Waals surface area contributed by atoms with Crippen molar-refractivity contribution in [2.75, 3.05) is 18.0 Å². The van der Waals surface area contributed by atoms with E-state index in [0.717, 1.165) is 37.2 Å². The SMILES string of the molecule is CCC(=O)CC1C(=O)N(C2CCN(C3c4cccc5cccc(c45)C3C)CC2)c2ccccc21. The summed E-state index contributed by atoms with van der Waals surface area (Å²) in [5.41, 5.74) is 4.97. The van der Waals surface area contributed by atoms with Crippen molar-refractivity contribution in [1.82, 2.24) is 4.90 Å². The molecule has 3 aromatic rings. The number of Topliss-reactive ketones (excluding diaryl/α,β-unsaturated/α-hetero) is 1. The topological polar surface area (TPSA) is 40.6 Å². The van der Waals surface area contributed by atoms with Gasteiger partial charge in [-0.15, -0.1) is 0 Å². The molecule has 174 valence electrons. The maximum absolute atomic E-state index is 13.5. The number of benzene rings is 3. The van der Waals surface area contributed by atoms with Crippen LogP contribution in [0.3, 0.4) is 0 Å². The Bertz CT molecular complexity index is 1270. The Balaban J connectivity index is 1.23. The molecule has 1 amide bonds. The molecule has 0 spiro atoms. The summed E-state index contributed by atoms with van der Waals surface area (Å²) in [6.45, 7) is 6.20. The summed E-state index contributed by atoms with van der Waals surface area (Å²) in [6.07, 6.45) is 2.73. The summed E-state index contributed by atoms with van der Waals surface area (Å²) in [6, 6.07) is 22.1. The fourth-order valence-corrected chi connectivity index (χ4v) is 6.77. The lowest BCUT2D eigenvalue weighted by Gasteiger charge is -2.41. The molecule has 1 fully saturated rings. The number of anilines is 1. The van der Waals surface area contributed by atoms with E-state index in [4.69, 9.17) is 0 Å². The largest absolute Gasteiger partial charge is 0.308 e. The highest BCUT2D eigenvalue weighted by Gasteiger charge is 2.43.